The third-order valence-electron chi connectivity index (χ3n) is 16.1. The standard InChI is InChI=1S/C29H30N2O3.C14H23NO2S.C13H21N3O3.C12H16N2O3/c1-17(2)27(32)18-7-10-26-23(16-18)28(33)34-29(26)24-11-8-21(30(3)4)14-19(24)13-20-15-22(31(5)6)9-12-25(20)29;1-9(2)11(16)5-3-4-6-12-14-10(8-18-12)7-13(17)15-14;1-9(2)12(17)4-6-19-7-5-14-13(18)11-8-10(3)15-16-11;1-8(2)12(15)7-13-10-5-4-9(3)6-11(10)14(16)17/h7-12,14-17H,13H2,1-6H3;9-10,12,14H,3-8H2,1-2H3,(H,15,17);8-9H,4-7H2,1-3H3,(H,14,18)(H,15,16);4-6,8,13H,7H2,1-3H3. The van der Waals surface area contributed by atoms with Gasteiger partial charge in [-0.3, -0.25) is 44.0 Å². The number of Topliss-reactive ketones (excluding diaryl/α,β-unsaturated/α-hetero) is 4. The number of ether oxygens (including phenoxy) is 2. The first-order valence-electron chi connectivity index (χ1n) is 30.5. The van der Waals surface area contributed by atoms with E-state index in [1.54, 1.807) is 45.0 Å². The summed E-state index contributed by atoms with van der Waals surface area (Å²) in [5.74, 6) is 1.90. The van der Waals surface area contributed by atoms with Crippen LogP contribution in [-0.4, -0.2) is 128 Å². The number of anilines is 3. The molecule has 0 radical (unpaired) electrons. The lowest BCUT2D eigenvalue weighted by Crippen LogP contribution is -2.35. The van der Waals surface area contributed by atoms with Crippen molar-refractivity contribution in [2.24, 2.45) is 29.6 Å². The Kier molecular flexibility index (Phi) is 24.8. The van der Waals surface area contributed by atoms with Crippen LogP contribution in [0.15, 0.2) is 78.9 Å². The number of benzene rings is 4. The molecule has 4 N–H and O–H groups in total. The molecule has 1 spiro atoms. The molecule has 4 heterocycles. The number of aryl methyl sites for hydroxylation is 2. The molecule has 19 nitrogen and oxygen atoms in total. The monoisotopic (exact) mass is 1230 g/mol. The number of aromatic amines is 1. The largest absolute Gasteiger partial charge is 0.441 e. The summed E-state index contributed by atoms with van der Waals surface area (Å²) in [7, 11) is 8.10. The van der Waals surface area contributed by atoms with Gasteiger partial charge in [0, 0.05) is 134 Å². The van der Waals surface area contributed by atoms with Gasteiger partial charge in [0.05, 0.1) is 30.2 Å². The molecular formula is C68H90N8O11S. The van der Waals surface area contributed by atoms with E-state index in [1.807, 2.05) is 101 Å². The van der Waals surface area contributed by atoms with E-state index in [9.17, 15) is 43.7 Å². The van der Waals surface area contributed by atoms with Gasteiger partial charge in [0.15, 0.2) is 17.2 Å². The molecule has 0 saturated carbocycles. The number of hydrogen-bond acceptors (Lipinski definition) is 16. The van der Waals surface area contributed by atoms with E-state index in [2.05, 4.69) is 72.3 Å². The van der Waals surface area contributed by atoms with E-state index in [4.69, 9.17) is 9.47 Å². The Bertz CT molecular complexity index is 3270. The smallest absolute Gasteiger partial charge is 0.340 e. The zero-order valence-electron chi connectivity index (χ0n) is 53.7. The molecule has 9 rings (SSSR count). The average Bonchev–Trinajstić information content (AvgIpc) is 1.34. The van der Waals surface area contributed by atoms with Crippen molar-refractivity contribution in [2.75, 3.05) is 75.4 Å². The highest BCUT2D eigenvalue weighted by Gasteiger charge is 2.52. The van der Waals surface area contributed by atoms with Gasteiger partial charge in [-0.25, -0.2) is 4.79 Å². The molecule has 2 amide bonds. The van der Waals surface area contributed by atoms with Crippen molar-refractivity contribution in [1.29, 1.82) is 0 Å². The van der Waals surface area contributed by atoms with Crippen LogP contribution in [0.1, 0.15) is 164 Å². The molecule has 3 unspecified atom stereocenters. The SMILES string of the molecule is CC(C)C(=O)CCCCC1SCC2CC(=O)NC21.CC(C)C(=O)c1ccc2c(c1)C(=O)OC21c2ccc(N(C)C)cc2Cc2cc(N(C)C)ccc21.Cc1cc(C(=O)NCCOCCC(=O)C(C)C)n[nH]1.Cc1ccc(NCC(=O)C(C)C)c([N+](=O)[O-])c1. The third kappa shape index (κ3) is 17.8. The molecule has 0 bridgehead atoms. The van der Waals surface area contributed by atoms with Crippen LogP contribution in [0.25, 0.3) is 0 Å². The molecular weight excluding hydrogens is 1140 g/mol. The lowest BCUT2D eigenvalue weighted by Gasteiger charge is -2.38. The van der Waals surface area contributed by atoms with E-state index in [-0.39, 0.29) is 71.0 Å². The molecule has 1 aliphatic carbocycles. The van der Waals surface area contributed by atoms with Crippen LogP contribution in [0.2, 0.25) is 0 Å². The normalized spacial score (nSPS) is 16.4. The second-order valence-corrected chi connectivity index (χ2v) is 26.0. The van der Waals surface area contributed by atoms with Gasteiger partial charge in [-0.2, -0.15) is 16.9 Å². The fourth-order valence-electron chi connectivity index (χ4n) is 10.8. The molecule has 2 saturated heterocycles. The number of unbranched alkanes of at least 4 members (excludes halogenated alkanes) is 1. The second kappa shape index (κ2) is 31.5. The fraction of sp³-hybridized carbons (Fsp3) is 0.500. The number of aromatic nitrogens is 2. The number of ketones is 4. The number of hydrogen-bond donors (Lipinski definition) is 4. The molecule has 474 valence electrons. The number of amides is 2. The van der Waals surface area contributed by atoms with Gasteiger partial charge in [-0.15, -0.1) is 0 Å². The van der Waals surface area contributed by atoms with Crippen molar-refractivity contribution in [3.63, 3.8) is 0 Å². The van der Waals surface area contributed by atoms with Gasteiger partial charge in [-0.1, -0.05) is 92.1 Å². The zero-order chi connectivity index (χ0) is 64.7. The summed E-state index contributed by atoms with van der Waals surface area (Å²) in [6.07, 6.45) is 5.86. The summed E-state index contributed by atoms with van der Waals surface area (Å²) in [5.41, 5.74) is 9.65. The summed E-state index contributed by atoms with van der Waals surface area (Å²) in [6.45, 7) is 19.9. The maximum Gasteiger partial charge on any atom is 0.340 e. The maximum atomic E-state index is 13.3. The van der Waals surface area contributed by atoms with Gasteiger partial charge in [0.25, 0.3) is 11.6 Å². The number of nitro benzene ring substituents is 1. The highest BCUT2D eigenvalue weighted by molar-refractivity contribution is 8.00. The quantitative estimate of drug-likeness (QED) is 0.0156. The Balaban J connectivity index is 0.000000198. The molecule has 5 aromatic rings. The van der Waals surface area contributed by atoms with Crippen molar-refractivity contribution in [1.82, 2.24) is 20.8 Å². The number of fused-ring (bicyclic) bond motifs is 7. The van der Waals surface area contributed by atoms with Crippen molar-refractivity contribution in [3.05, 3.63) is 145 Å². The van der Waals surface area contributed by atoms with E-state index in [1.165, 1.54) is 6.07 Å². The Morgan fingerprint density at radius 3 is 1.94 bits per heavy atom. The Morgan fingerprint density at radius 1 is 0.761 bits per heavy atom. The molecule has 20 heteroatoms. The number of nitro groups is 1. The first-order valence-corrected chi connectivity index (χ1v) is 31.6. The van der Waals surface area contributed by atoms with Crippen molar-refractivity contribution < 1.29 is 48.0 Å². The molecule has 2 fully saturated rings. The molecule has 3 aliphatic heterocycles. The fourth-order valence-corrected chi connectivity index (χ4v) is 12.4. The van der Waals surface area contributed by atoms with Crippen LogP contribution < -0.4 is 25.8 Å². The predicted octanol–water partition coefficient (Wildman–Crippen LogP) is 11.0. The number of nitrogens with one attached hydrogen (secondary N) is 4. The summed E-state index contributed by atoms with van der Waals surface area (Å²) in [6, 6.07) is 25.1. The van der Waals surface area contributed by atoms with Gasteiger partial charge in [0.2, 0.25) is 5.91 Å². The topological polar surface area (TPSA) is 252 Å². The van der Waals surface area contributed by atoms with Crippen molar-refractivity contribution in [2.45, 2.75) is 131 Å². The Labute approximate surface area is 522 Å². The lowest BCUT2D eigenvalue weighted by atomic mass is 9.70. The molecule has 4 aromatic carbocycles. The van der Waals surface area contributed by atoms with Gasteiger partial charge >= 0.3 is 5.97 Å². The number of carbonyl (C=O) groups is 7. The minimum atomic E-state index is -1.02. The van der Waals surface area contributed by atoms with Crippen LogP contribution in [-0.2, 0) is 40.7 Å². The predicted molar refractivity (Wildman–Crippen MR) is 347 cm³/mol. The number of esters is 1. The number of rotatable bonds is 23. The van der Waals surface area contributed by atoms with Crippen molar-refractivity contribution >= 4 is 75.4 Å². The van der Waals surface area contributed by atoms with Crippen LogP contribution in [0.5, 0.6) is 0 Å². The average molecular weight is 1230 g/mol. The van der Waals surface area contributed by atoms with Crippen molar-refractivity contribution in [3.8, 4) is 0 Å². The molecule has 4 aliphatic rings. The lowest BCUT2D eigenvalue weighted by molar-refractivity contribution is -0.384. The number of nitrogens with zero attached hydrogens (tertiary/aromatic N) is 4. The Hall–Kier alpha value is -7.71. The summed E-state index contributed by atoms with van der Waals surface area (Å²) in [5, 5.41) is 26.6. The second-order valence-electron chi connectivity index (χ2n) is 24.7. The van der Waals surface area contributed by atoms with Gasteiger partial charge < -0.3 is 35.2 Å². The van der Waals surface area contributed by atoms with E-state index in [0.717, 1.165) is 94.7 Å². The maximum absolute atomic E-state index is 13.3. The number of carbonyl (C=O) groups excluding carboxylic acids is 7. The number of thioether (sulfide) groups is 1. The van der Waals surface area contributed by atoms with Crippen LogP contribution >= 0.6 is 11.8 Å². The zero-order valence-corrected chi connectivity index (χ0v) is 54.5. The molecule has 88 heavy (non-hydrogen) atoms. The third-order valence-corrected chi connectivity index (χ3v) is 17.7. The van der Waals surface area contributed by atoms with Gasteiger partial charge in [0.1, 0.15) is 22.9 Å². The summed E-state index contributed by atoms with van der Waals surface area (Å²) < 4.78 is 11.6. The van der Waals surface area contributed by atoms with Crippen LogP contribution in [0.4, 0.5) is 22.7 Å². The van der Waals surface area contributed by atoms with Crippen LogP contribution in [0.3, 0.4) is 0 Å². The highest BCUT2D eigenvalue weighted by Crippen LogP contribution is 2.53. The molecule has 1 aromatic heterocycles. The first-order chi connectivity index (χ1) is 41.6. The minimum Gasteiger partial charge on any atom is -0.441 e. The van der Waals surface area contributed by atoms with Crippen LogP contribution in [0, 0.1) is 53.6 Å². The van der Waals surface area contributed by atoms with E-state index < -0.39 is 10.5 Å². The Morgan fingerprint density at radius 2 is 1.38 bits per heavy atom. The van der Waals surface area contributed by atoms with E-state index in [0.29, 0.717) is 71.7 Å². The highest BCUT2D eigenvalue weighted by atomic mass is 32.2. The van der Waals surface area contributed by atoms with E-state index >= 15 is 0 Å². The van der Waals surface area contributed by atoms with Gasteiger partial charge in [-0.05, 0) is 104 Å². The minimum absolute atomic E-state index is 0.00144. The molecule has 3 atom stereocenters. The summed E-state index contributed by atoms with van der Waals surface area (Å²) in [4.78, 5) is 97.7. The number of H-pyrrole nitrogens is 1. The summed E-state index contributed by atoms with van der Waals surface area (Å²) >= 11 is 2.00. The first kappa shape index (κ1) is 69.4.